The zero-order chi connectivity index (χ0) is 16.8. The lowest BCUT2D eigenvalue weighted by atomic mass is 10.0. The normalized spacial score (nSPS) is 11.9. The summed E-state index contributed by atoms with van der Waals surface area (Å²) < 4.78 is 0. The van der Waals surface area contributed by atoms with Gasteiger partial charge in [-0.1, -0.05) is 66.7 Å². The molecule has 3 heteroatoms. The SMILES string of the molecule is OCC(O)CNc1ccc(-c2ccc(-c3ccccc3)cc2)cc1. The fourth-order valence-electron chi connectivity index (χ4n) is 2.57. The van der Waals surface area contributed by atoms with Gasteiger partial charge in [-0.3, -0.25) is 0 Å². The van der Waals surface area contributed by atoms with Crippen molar-refractivity contribution in [3.05, 3.63) is 78.9 Å². The Kier molecular flexibility index (Phi) is 5.26. The number of aliphatic hydroxyl groups excluding tert-OH is 2. The van der Waals surface area contributed by atoms with E-state index in [0.29, 0.717) is 6.54 Å². The molecule has 0 radical (unpaired) electrons. The van der Waals surface area contributed by atoms with Crippen molar-refractivity contribution in [2.75, 3.05) is 18.5 Å². The maximum absolute atomic E-state index is 9.36. The summed E-state index contributed by atoms with van der Waals surface area (Å²) in [7, 11) is 0. The standard InChI is InChI=1S/C21H21NO2/c23-15-21(24)14-22-20-12-10-19(11-13-20)18-8-6-17(7-9-18)16-4-2-1-3-5-16/h1-13,21-24H,14-15H2. The van der Waals surface area contributed by atoms with E-state index in [0.717, 1.165) is 16.8 Å². The van der Waals surface area contributed by atoms with Crippen LogP contribution in [-0.2, 0) is 0 Å². The van der Waals surface area contributed by atoms with Gasteiger partial charge in [0.05, 0.1) is 12.7 Å². The Morgan fingerprint density at radius 2 is 1.12 bits per heavy atom. The number of aliphatic hydroxyl groups is 2. The minimum absolute atomic E-state index is 0.237. The van der Waals surface area contributed by atoms with Gasteiger partial charge in [-0.15, -0.1) is 0 Å². The molecule has 0 spiro atoms. The van der Waals surface area contributed by atoms with Crippen LogP contribution in [0.1, 0.15) is 0 Å². The Hall–Kier alpha value is -2.62. The van der Waals surface area contributed by atoms with E-state index in [1.807, 2.05) is 42.5 Å². The molecular formula is C21H21NO2. The van der Waals surface area contributed by atoms with Crippen LogP contribution in [0.2, 0.25) is 0 Å². The van der Waals surface area contributed by atoms with Gasteiger partial charge in [0, 0.05) is 12.2 Å². The second-order valence-corrected chi connectivity index (χ2v) is 5.74. The Labute approximate surface area is 142 Å². The molecule has 0 aliphatic carbocycles. The number of hydrogen-bond donors (Lipinski definition) is 3. The monoisotopic (exact) mass is 319 g/mol. The van der Waals surface area contributed by atoms with E-state index in [9.17, 15) is 5.11 Å². The number of nitrogens with one attached hydrogen (secondary N) is 1. The smallest absolute Gasteiger partial charge is 0.0942 e. The van der Waals surface area contributed by atoms with Crippen LogP contribution in [0.4, 0.5) is 5.69 Å². The summed E-state index contributed by atoms with van der Waals surface area (Å²) in [5, 5.41) is 21.3. The van der Waals surface area contributed by atoms with Gasteiger partial charge in [0.2, 0.25) is 0 Å². The number of rotatable bonds is 6. The third-order valence-corrected chi connectivity index (χ3v) is 3.96. The lowest BCUT2D eigenvalue weighted by Crippen LogP contribution is -2.22. The van der Waals surface area contributed by atoms with E-state index in [1.54, 1.807) is 0 Å². The van der Waals surface area contributed by atoms with E-state index in [2.05, 4.69) is 41.7 Å². The zero-order valence-corrected chi connectivity index (χ0v) is 13.4. The van der Waals surface area contributed by atoms with E-state index in [-0.39, 0.29) is 6.61 Å². The van der Waals surface area contributed by atoms with Crippen molar-refractivity contribution in [1.29, 1.82) is 0 Å². The molecule has 3 aromatic rings. The summed E-state index contributed by atoms with van der Waals surface area (Å²) in [5.74, 6) is 0. The van der Waals surface area contributed by atoms with Crippen LogP contribution in [-0.4, -0.2) is 29.5 Å². The first-order valence-electron chi connectivity index (χ1n) is 8.05. The Balaban J connectivity index is 1.70. The zero-order valence-electron chi connectivity index (χ0n) is 13.4. The molecule has 0 aliphatic heterocycles. The van der Waals surface area contributed by atoms with Crippen LogP contribution in [0, 0.1) is 0 Å². The minimum Gasteiger partial charge on any atom is -0.394 e. The lowest BCUT2D eigenvalue weighted by Gasteiger charge is -2.11. The summed E-state index contributed by atoms with van der Waals surface area (Å²) in [5.41, 5.74) is 5.65. The second kappa shape index (κ2) is 7.77. The first kappa shape index (κ1) is 16.2. The minimum atomic E-state index is -0.741. The number of hydrogen-bond acceptors (Lipinski definition) is 3. The van der Waals surface area contributed by atoms with Crippen LogP contribution in [0.3, 0.4) is 0 Å². The molecule has 0 saturated carbocycles. The van der Waals surface area contributed by atoms with Crippen molar-refractivity contribution in [2.45, 2.75) is 6.10 Å². The fraction of sp³-hybridized carbons (Fsp3) is 0.143. The summed E-state index contributed by atoms with van der Waals surface area (Å²) in [6.07, 6.45) is -0.741. The predicted molar refractivity (Wildman–Crippen MR) is 98.9 cm³/mol. The molecule has 24 heavy (non-hydrogen) atoms. The van der Waals surface area contributed by atoms with Gasteiger partial charge in [0.1, 0.15) is 0 Å². The number of anilines is 1. The molecule has 3 aromatic carbocycles. The summed E-state index contributed by atoms with van der Waals surface area (Å²) >= 11 is 0. The molecule has 0 amide bonds. The first-order chi connectivity index (χ1) is 11.8. The highest BCUT2D eigenvalue weighted by Crippen LogP contribution is 2.25. The highest BCUT2D eigenvalue weighted by Gasteiger charge is 2.03. The molecule has 0 aliphatic rings. The van der Waals surface area contributed by atoms with Gasteiger partial charge in [0.15, 0.2) is 0 Å². The molecule has 1 atom stereocenters. The van der Waals surface area contributed by atoms with Crippen LogP contribution in [0.15, 0.2) is 78.9 Å². The predicted octanol–water partition coefficient (Wildman–Crippen LogP) is 3.79. The van der Waals surface area contributed by atoms with Crippen molar-refractivity contribution < 1.29 is 10.2 Å². The molecule has 0 heterocycles. The Morgan fingerprint density at radius 1 is 0.667 bits per heavy atom. The van der Waals surface area contributed by atoms with Crippen molar-refractivity contribution >= 4 is 5.69 Å². The first-order valence-corrected chi connectivity index (χ1v) is 8.05. The molecule has 3 N–H and O–H groups in total. The molecule has 3 rings (SSSR count). The van der Waals surface area contributed by atoms with E-state index in [4.69, 9.17) is 5.11 Å². The van der Waals surface area contributed by atoms with Gasteiger partial charge in [0.25, 0.3) is 0 Å². The molecule has 0 aromatic heterocycles. The van der Waals surface area contributed by atoms with Crippen LogP contribution < -0.4 is 5.32 Å². The Morgan fingerprint density at radius 3 is 1.62 bits per heavy atom. The highest BCUT2D eigenvalue weighted by molar-refractivity contribution is 5.71. The summed E-state index contributed by atoms with van der Waals surface area (Å²) in [6.45, 7) is 0.0977. The molecule has 122 valence electrons. The Bertz CT molecular complexity index is 752. The molecule has 1 unspecified atom stereocenters. The van der Waals surface area contributed by atoms with Gasteiger partial charge >= 0.3 is 0 Å². The molecule has 0 saturated heterocycles. The second-order valence-electron chi connectivity index (χ2n) is 5.74. The van der Waals surface area contributed by atoms with Crippen molar-refractivity contribution in [3.63, 3.8) is 0 Å². The van der Waals surface area contributed by atoms with Gasteiger partial charge < -0.3 is 15.5 Å². The quantitative estimate of drug-likeness (QED) is 0.648. The summed E-state index contributed by atoms with van der Waals surface area (Å²) in [6, 6.07) is 26.9. The maximum atomic E-state index is 9.36. The van der Waals surface area contributed by atoms with Crippen molar-refractivity contribution in [3.8, 4) is 22.3 Å². The largest absolute Gasteiger partial charge is 0.394 e. The molecule has 0 fully saturated rings. The van der Waals surface area contributed by atoms with Crippen molar-refractivity contribution in [2.24, 2.45) is 0 Å². The highest BCUT2D eigenvalue weighted by atomic mass is 16.3. The number of benzene rings is 3. The van der Waals surface area contributed by atoms with E-state index < -0.39 is 6.10 Å². The third-order valence-electron chi connectivity index (χ3n) is 3.96. The van der Waals surface area contributed by atoms with Gasteiger partial charge in [-0.25, -0.2) is 0 Å². The summed E-state index contributed by atoms with van der Waals surface area (Å²) in [4.78, 5) is 0. The van der Waals surface area contributed by atoms with Crippen molar-refractivity contribution in [1.82, 2.24) is 0 Å². The van der Waals surface area contributed by atoms with E-state index in [1.165, 1.54) is 11.1 Å². The van der Waals surface area contributed by atoms with Gasteiger partial charge in [-0.2, -0.15) is 0 Å². The average Bonchev–Trinajstić information content (AvgIpc) is 2.67. The van der Waals surface area contributed by atoms with Gasteiger partial charge in [-0.05, 0) is 34.4 Å². The maximum Gasteiger partial charge on any atom is 0.0942 e. The van der Waals surface area contributed by atoms with E-state index >= 15 is 0 Å². The molecule has 0 bridgehead atoms. The fourth-order valence-corrected chi connectivity index (χ4v) is 2.57. The third kappa shape index (κ3) is 4.02. The van der Waals surface area contributed by atoms with Crippen LogP contribution in [0.5, 0.6) is 0 Å². The average molecular weight is 319 g/mol. The topological polar surface area (TPSA) is 52.5 Å². The lowest BCUT2D eigenvalue weighted by molar-refractivity contribution is 0.105. The molecular weight excluding hydrogens is 298 g/mol. The van der Waals surface area contributed by atoms with Crippen LogP contribution >= 0.6 is 0 Å². The molecule has 3 nitrogen and oxygen atoms in total. The van der Waals surface area contributed by atoms with Crippen LogP contribution in [0.25, 0.3) is 22.3 Å².